The molecule has 0 amide bonds. The van der Waals surface area contributed by atoms with Crippen molar-refractivity contribution in [2.45, 2.75) is 11.1 Å². The van der Waals surface area contributed by atoms with Crippen LogP contribution in [0, 0.1) is 6.92 Å². The van der Waals surface area contributed by atoms with Gasteiger partial charge in [0.05, 0.1) is 0 Å². The van der Waals surface area contributed by atoms with Gasteiger partial charge in [-0.2, -0.15) is 0 Å². The normalized spacial score (nSPS) is 11.4. The standard InChI is InChI=1S/C9H8N2O5S2/c1-5-4-7(10-16-5)11-18(14,15)8-3-2-6(17-8)9(12)13/h2-4H,1H3,(H,10,11)(H,12,13). The largest absolute Gasteiger partial charge is 0.477 e. The first-order chi connectivity index (χ1) is 8.38. The van der Waals surface area contributed by atoms with Gasteiger partial charge >= 0.3 is 5.97 Å². The summed E-state index contributed by atoms with van der Waals surface area (Å²) in [5.74, 6) is -0.651. The maximum absolute atomic E-state index is 11.9. The average molecular weight is 288 g/mol. The maximum Gasteiger partial charge on any atom is 0.345 e. The minimum Gasteiger partial charge on any atom is -0.477 e. The summed E-state index contributed by atoms with van der Waals surface area (Å²) in [5.41, 5.74) is 0. The first-order valence-corrected chi connectivity index (χ1v) is 6.98. The number of aromatic nitrogens is 1. The molecule has 2 rings (SSSR count). The average Bonchev–Trinajstić information content (AvgIpc) is 2.86. The van der Waals surface area contributed by atoms with Crippen LogP contribution in [0.25, 0.3) is 0 Å². The van der Waals surface area contributed by atoms with Crippen LogP contribution in [0.4, 0.5) is 5.82 Å². The van der Waals surface area contributed by atoms with Crippen LogP contribution in [-0.2, 0) is 10.0 Å². The second-order valence-corrected chi connectivity index (χ2v) is 6.35. The van der Waals surface area contributed by atoms with Crippen molar-refractivity contribution in [2.75, 3.05) is 4.72 Å². The number of nitrogens with one attached hydrogen (secondary N) is 1. The van der Waals surface area contributed by atoms with E-state index in [4.69, 9.17) is 9.63 Å². The Labute approximate surface area is 106 Å². The Bertz CT molecular complexity index is 685. The number of hydrogen-bond acceptors (Lipinski definition) is 6. The molecule has 0 aliphatic carbocycles. The van der Waals surface area contributed by atoms with Gasteiger partial charge in [-0.05, 0) is 19.1 Å². The zero-order chi connectivity index (χ0) is 13.3. The van der Waals surface area contributed by atoms with Crippen LogP contribution in [0.5, 0.6) is 0 Å². The van der Waals surface area contributed by atoms with Gasteiger partial charge in [0.1, 0.15) is 14.8 Å². The van der Waals surface area contributed by atoms with Crippen molar-refractivity contribution < 1.29 is 22.8 Å². The van der Waals surface area contributed by atoms with Crippen LogP contribution in [0.3, 0.4) is 0 Å². The summed E-state index contributed by atoms with van der Waals surface area (Å²) in [4.78, 5) is 10.6. The molecule has 0 fully saturated rings. The minimum atomic E-state index is -3.83. The van der Waals surface area contributed by atoms with Gasteiger partial charge in [-0.1, -0.05) is 5.16 Å². The Morgan fingerprint density at radius 1 is 1.50 bits per heavy atom. The van der Waals surface area contributed by atoms with Crippen LogP contribution in [0.1, 0.15) is 15.4 Å². The number of aromatic carboxylic acids is 1. The van der Waals surface area contributed by atoms with E-state index in [-0.39, 0.29) is 14.9 Å². The summed E-state index contributed by atoms with van der Waals surface area (Å²) in [5, 5.41) is 12.2. The van der Waals surface area contributed by atoms with E-state index in [0.29, 0.717) is 17.1 Å². The zero-order valence-electron chi connectivity index (χ0n) is 9.08. The molecule has 18 heavy (non-hydrogen) atoms. The predicted molar refractivity (Wildman–Crippen MR) is 63.3 cm³/mol. The number of nitrogens with zero attached hydrogens (tertiary/aromatic N) is 1. The molecule has 0 saturated carbocycles. The van der Waals surface area contributed by atoms with Crippen molar-refractivity contribution in [3.63, 3.8) is 0 Å². The van der Waals surface area contributed by atoms with Gasteiger partial charge in [0.15, 0.2) is 5.82 Å². The van der Waals surface area contributed by atoms with Crippen molar-refractivity contribution in [2.24, 2.45) is 0 Å². The molecular formula is C9H8N2O5S2. The monoisotopic (exact) mass is 288 g/mol. The van der Waals surface area contributed by atoms with Crippen LogP contribution in [0.15, 0.2) is 26.9 Å². The highest BCUT2D eigenvalue weighted by Crippen LogP contribution is 2.23. The van der Waals surface area contributed by atoms with Crippen molar-refractivity contribution in [1.29, 1.82) is 0 Å². The van der Waals surface area contributed by atoms with Gasteiger partial charge < -0.3 is 9.63 Å². The molecule has 2 N–H and O–H groups in total. The Kier molecular flexibility index (Phi) is 3.09. The molecule has 0 unspecified atom stereocenters. The van der Waals surface area contributed by atoms with Crippen LogP contribution < -0.4 is 4.72 Å². The lowest BCUT2D eigenvalue weighted by atomic mass is 10.5. The molecule has 9 heteroatoms. The fourth-order valence-electron chi connectivity index (χ4n) is 1.18. The van der Waals surface area contributed by atoms with Crippen LogP contribution in [-0.4, -0.2) is 24.7 Å². The zero-order valence-corrected chi connectivity index (χ0v) is 10.7. The van der Waals surface area contributed by atoms with Gasteiger partial charge in [0, 0.05) is 6.07 Å². The lowest BCUT2D eigenvalue weighted by molar-refractivity contribution is 0.0702. The number of carboxylic acids is 1. The highest BCUT2D eigenvalue weighted by molar-refractivity contribution is 7.94. The molecule has 0 atom stereocenters. The van der Waals surface area contributed by atoms with Crippen LogP contribution in [0.2, 0.25) is 0 Å². The third-order valence-electron chi connectivity index (χ3n) is 1.92. The molecule has 0 saturated heterocycles. The summed E-state index contributed by atoms with van der Waals surface area (Å²) in [6.45, 7) is 1.62. The van der Waals surface area contributed by atoms with E-state index in [2.05, 4.69) is 9.88 Å². The maximum atomic E-state index is 11.9. The molecule has 96 valence electrons. The van der Waals surface area contributed by atoms with E-state index in [1.165, 1.54) is 18.2 Å². The number of hydrogen-bond donors (Lipinski definition) is 2. The number of sulfonamides is 1. The van der Waals surface area contributed by atoms with Gasteiger partial charge in [-0.3, -0.25) is 4.72 Å². The molecule has 2 aromatic heterocycles. The van der Waals surface area contributed by atoms with Gasteiger partial charge in [-0.15, -0.1) is 11.3 Å². The SMILES string of the molecule is Cc1cc(NS(=O)(=O)c2ccc(C(=O)O)s2)no1. The Morgan fingerprint density at radius 2 is 2.22 bits per heavy atom. The van der Waals surface area contributed by atoms with Crippen LogP contribution >= 0.6 is 11.3 Å². The minimum absolute atomic E-state index is 0.0493. The summed E-state index contributed by atoms with van der Waals surface area (Å²) >= 11 is 0.666. The molecule has 7 nitrogen and oxygen atoms in total. The second kappa shape index (κ2) is 4.42. The van der Waals surface area contributed by atoms with E-state index in [9.17, 15) is 13.2 Å². The molecule has 0 aliphatic heterocycles. The van der Waals surface area contributed by atoms with E-state index in [0.717, 1.165) is 0 Å². The molecule has 0 bridgehead atoms. The summed E-state index contributed by atoms with van der Waals surface area (Å²) in [6.07, 6.45) is 0. The van der Waals surface area contributed by atoms with Crippen molar-refractivity contribution in [1.82, 2.24) is 5.16 Å². The molecule has 2 heterocycles. The number of rotatable bonds is 4. The summed E-state index contributed by atoms with van der Waals surface area (Å²) in [6, 6.07) is 3.88. The molecule has 0 radical (unpaired) electrons. The van der Waals surface area contributed by atoms with E-state index >= 15 is 0 Å². The highest BCUT2D eigenvalue weighted by atomic mass is 32.2. The first kappa shape index (κ1) is 12.6. The topological polar surface area (TPSA) is 110 Å². The van der Waals surface area contributed by atoms with Crippen molar-refractivity contribution >= 4 is 33.1 Å². The summed E-state index contributed by atoms with van der Waals surface area (Å²) in [7, 11) is -3.83. The lowest BCUT2D eigenvalue weighted by Crippen LogP contribution is -2.11. The Morgan fingerprint density at radius 3 is 2.72 bits per heavy atom. The molecule has 2 aromatic rings. The fraction of sp³-hybridized carbons (Fsp3) is 0.111. The fourth-order valence-corrected chi connectivity index (χ4v) is 3.31. The van der Waals surface area contributed by atoms with Gasteiger partial charge in [0.2, 0.25) is 0 Å². The lowest BCUT2D eigenvalue weighted by Gasteiger charge is -2.00. The number of carbonyl (C=O) groups is 1. The molecule has 0 aromatic carbocycles. The van der Waals surface area contributed by atoms with Gasteiger partial charge in [0.25, 0.3) is 10.0 Å². The third kappa shape index (κ3) is 2.51. The van der Waals surface area contributed by atoms with Crippen molar-refractivity contribution in [3.8, 4) is 0 Å². The number of anilines is 1. The molecular weight excluding hydrogens is 280 g/mol. The third-order valence-corrected chi connectivity index (χ3v) is 4.84. The molecule has 0 aliphatic rings. The number of thiophene rings is 1. The van der Waals surface area contributed by atoms with E-state index < -0.39 is 16.0 Å². The number of carboxylic acid groups (broad SMARTS) is 1. The smallest absolute Gasteiger partial charge is 0.345 e. The van der Waals surface area contributed by atoms with Crippen molar-refractivity contribution in [3.05, 3.63) is 28.8 Å². The Balaban J connectivity index is 2.27. The van der Waals surface area contributed by atoms with Gasteiger partial charge in [-0.25, -0.2) is 13.2 Å². The summed E-state index contributed by atoms with van der Waals surface area (Å²) < 4.78 is 30.6. The Hall–Kier alpha value is -1.87. The quantitative estimate of drug-likeness (QED) is 0.883. The predicted octanol–water partition coefficient (Wildman–Crippen LogP) is 1.54. The number of aryl methyl sites for hydroxylation is 1. The molecule has 0 spiro atoms. The second-order valence-electron chi connectivity index (χ2n) is 3.35. The van der Waals surface area contributed by atoms with E-state index in [1.54, 1.807) is 6.92 Å². The first-order valence-electron chi connectivity index (χ1n) is 4.68. The highest BCUT2D eigenvalue weighted by Gasteiger charge is 2.20. The van der Waals surface area contributed by atoms with E-state index in [1.807, 2.05) is 0 Å².